The fourth-order valence-corrected chi connectivity index (χ4v) is 1.11. The molecule has 0 saturated carbocycles. The van der Waals surface area contributed by atoms with Crippen LogP contribution in [-0.4, -0.2) is 5.88 Å². The van der Waals surface area contributed by atoms with E-state index in [0.717, 1.165) is 6.42 Å². The summed E-state index contributed by atoms with van der Waals surface area (Å²) in [6, 6.07) is 6.13. The third kappa shape index (κ3) is 1.71. The Hall–Kier alpha value is -0.560. The summed E-state index contributed by atoms with van der Waals surface area (Å²) in [4.78, 5) is 0. The van der Waals surface area contributed by atoms with Crippen LogP contribution in [0.3, 0.4) is 0 Å². The van der Waals surface area contributed by atoms with Crippen molar-refractivity contribution >= 4 is 11.6 Å². The van der Waals surface area contributed by atoms with E-state index in [1.165, 1.54) is 5.69 Å². The first-order chi connectivity index (χ1) is 4.84. The van der Waals surface area contributed by atoms with Crippen LogP contribution in [0.5, 0.6) is 0 Å². The van der Waals surface area contributed by atoms with Crippen molar-refractivity contribution in [3.05, 3.63) is 30.1 Å². The molecule has 0 unspecified atom stereocenters. The molecule has 0 aliphatic rings. The Bertz CT molecular complexity index is 210. The van der Waals surface area contributed by atoms with Gasteiger partial charge < -0.3 is 0 Å². The highest BCUT2D eigenvalue weighted by molar-refractivity contribution is 6.17. The molecule has 1 aromatic rings. The third-order valence-corrected chi connectivity index (χ3v) is 1.70. The number of pyridine rings is 1. The van der Waals surface area contributed by atoms with Crippen molar-refractivity contribution in [2.24, 2.45) is 7.05 Å². The van der Waals surface area contributed by atoms with Crippen LogP contribution in [0, 0.1) is 0 Å². The first-order valence-corrected chi connectivity index (χ1v) is 3.87. The number of halogens is 1. The molecule has 1 nitrogen and oxygen atoms in total. The molecule has 1 rings (SSSR count). The molecule has 1 heterocycles. The fraction of sp³-hybridized carbons (Fsp3) is 0.375. The van der Waals surface area contributed by atoms with Gasteiger partial charge in [0.25, 0.3) is 0 Å². The van der Waals surface area contributed by atoms with E-state index in [-0.39, 0.29) is 0 Å². The first-order valence-electron chi connectivity index (χ1n) is 3.34. The Kier molecular flexibility index (Phi) is 2.69. The number of aryl methyl sites for hydroxylation is 2. The largest absolute Gasteiger partial charge is 0.205 e. The van der Waals surface area contributed by atoms with Crippen molar-refractivity contribution in [1.82, 2.24) is 0 Å². The maximum atomic E-state index is 5.59. The average molecular weight is 157 g/mol. The first kappa shape index (κ1) is 7.55. The Morgan fingerprint density at radius 3 is 2.90 bits per heavy atom. The molecule has 0 fully saturated rings. The van der Waals surface area contributed by atoms with Crippen LogP contribution in [0.15, 0.2) is 24.4 Å². The fourth-order valence-electron chi connectivity index (χ4n) is 0.915. The van der Waals surface area contributed by atoms with Gasteiger partial charge in [-0.1, -0.05) is 6.07 Å². The number of hydrogen-bond donors (Lipinski definition) is 0. The summed E-state index contributed by atoms with van der Waals surface area (Å²) < 4.78 is 2.09. The maximum absolute atomic E-state index is 5.59. The molecular weight excluding hydrogens is 146 g/mol. The average Bonchev–Trinajstić information content (AvgIpc) is 1.94. The number of alkyl halides is 1. The summed E-state index contributed by atoms with van der Waals surface area (Å²) in [5.74, 6) is 0.692. The molecule has 0 N–H and O–H groups in total. The van der Waals surface area contributed by atoms with Gasteiger partial charge in [-0.15, -0.1) is 11.6 Å². The van der Waals surface area contributed by atoms with Gasteiger partial charge in [0.15, 0.2) is 11.9 Å². The van der Waals surface area contributed by atoms with Crippen LogP contribution in [0.1, 0.15) is 5.69 Å². The summed E-state index contributed by atoms with van der Waals surface area (Å²) >= 11 is 5.59. The second-order valence-electron chi connectivity index (χ2n) is 2.24. The molecule has 0 saturated heterocycles. The lowest BCUT2D eigenvalue weighted by Crippen LogP contribution is -2.32. The zero-order valence-corrected chi connectivity index (χ0v) is 6.80. The predicted molar refractivity (Wildman–Crippen MR) is 42.0 cm³/mol. The Morgan fingerprint density at radius 1 is 1.50 bits per heavy atom. The molecule has 0 amide bonds. The van der Waals surface area contributed by atoms with Crippen LogP contribution in [0.25, 0.3) is 0 Å². The van der Waals surface area contributed by atoms with E-state index in [4.69, 9.17) is 11.6 Å². The highest BCUT2D eigenvalue weighted by Crippen LogP contribution is 1.92. The minimum Gasteiger partial charge on any atom is -0.205 e. The van der Waals surface area contributed by atoms with Crippen LogP contribution >= 0.6 is 11.6 Å². The van der Waals surface area contributed by atoms with Crippen molar-refractivity contribution in [3.63, 3.8) is 0 Å². The van der Waals surface area contributed by atoms with Gasteiger partial charge in [0.2, 0.25) is 0 Å². The lowest BCUT2D eigenvalue weighted by molar-refractivity contribution is -0.679. The van der Waals surface area contributed by atoms with Gasteiger partial charge in [-0.05, 0) is 0 Å². The van der Waals surface area contributed by atoms with E-state index >= 15 is 0 Å². The zero-order valence-electron chi connectivity index (χ0n) is 6.05. The minimum atomic E-state index is 0.692. The second-order valence-corrected chi connectivity index (χ2v) is 2.62. The minimum absolute atomic E-state index is 0.692. The second kappa shape index (κ2) is 3.57. The van der Waals surface area contributed by atoms with E-state index in [1.807, 2.05) is 25.4 Å². The highest BCUT2D eigenvalue weighted by atomic mass is 35.5. The van der Waals surface area contributed by atoms with Crippen LogP contribution in [-0.2, 0) is 13.5 Å². The van der Waals surface area contributed by atoms with E-state index in [1.54, 1.807) is 0 Å². The van der Waals surface area contributed by atoms with E-state index < -0.39 is 0 Å². The summed E-state index contributed by atoms with van der Waals surface area (Å²) in [6.45, 7) is 0. The molecule has 0 atom stereocenters. The summed E-state index contributed by atoms with van der Waals surface area (Å²) in [7, 11) is 2.03. The van der Waals surface area contributed by atoms with Gasteiger partial charge in [0, 0.05) is 24.4 Å². The normalized spacial score (nSPS) is 9.80. The molecule has 0 aliphatic carbocycles. The van der Waals surface area contributed by atoms with Gasteiger partial charge >= 0.3 is 0 Å². The van der Waals surface area contributed by atoms with Crippen molar-refractivity contribution in [3.8, 4) is 0 Å². The molecule has 0 aromatic carbocycles. The molecule has 54 valence electrons. The third-order valence-electron chi connectivity index (χ3n) is 1.51. The molecule has 1 aromatic heterocycles. The van der Waals surface area contributed by atoms with Crippen molar-refractivity contribution in [1.29, 1.82) is 0 Å². The SMILES string of the molecule is C[n+]1ccccc1CCCl. The lowest BCUT2D eigenvalue weighted by atomic mass is 10.3. The van der Waals surface area contributed by atoms with Crippen LogP contribution in [0.4, 0.5) is 0 Å². The monoisotopic (exact) mass is 156 g/mol. The van der Waals surface area contributed by atoms with E-state index in [9.17, 15) is 0 Å². The van der Waals surface area contributed by atoms with Gasteiger partial charge in [-0.25, -0.2) is 4.57 Å². The van der Waals surface area contributed by atoms with Gasteiger partial charge in [-0.3, -0.25) is 0 Å². The van der Waals surface area contributed by atoms with Crippen LogP contribution in [0.2, 0.25) is 0 Å². The summed E-state index contributed by atoms with van der Waals surface area (Å²) in [5, 5.41) is 0. The topological polar surface area (TPSA) is 3.88 Å². The van der Waals surface area contributed by atoms with Gasteiger partial charge in [0.05, 0.1) is 0 Å². The molecule has 0 spiro atoms. The van der Waals surface area contributed by atoms with Gasteiger partial charge in [0.1, 0.15) is 7.05 Å². The van der Waals surface area contributed by atoms with E-state index in [2.05, 4.69) is 10.6 Å². The smallest absolute Gasteiger partial charge is 0.182 e. The van der Waals surface area contributed by atoms with Crippen LogP contribution < -0.4 is 4.57 Å². The Labute approximate surface area is 66.3 Å². The van der Waals surface area contributed by atoms with Gasteiger partial charge in [-0.2, -0.15) is 0 Å². The molecular formula is C8H11ClN+. The molecule has 10 heavy (non-hydrogen) atoms. The summed E-state index contributed by atoms with van der Waals surface area (Å²) in [5.41, 5.74) is 1.28. The van der Waals surface area contributed by atoms with E-state index in [0.29, 0.717) is 5.88 Å². The molecule has 0 aliphatic heterocycles. The summed E-state index contributed by atoms with van der Waals surface area (Å²) in [6.07, 6.45) is 2.97. The number of nitrogens with zero attached hydrogens (tertiary/aromatic N) is 1. The van der Waals surface area contributed by atoms with Crippen molar-refractivity contribution in [2.75, 3.05) is 5.88 Å². The highest BCUT2D eigenvalue weighted by Gasteiger charge is 2.01. The quantitative estimate of drug-likeness (QED) is 0.449. The van der Waals surface area contributed by atoms with Crippen molar-refractivity contribution < 1.29 is 4.57 Å². The maximum Gasteiger partial charge on any atom is 0.182 e. The zero-order chi connectivity index (χ0) is 7.40. The number of aromatic nitrogens is 1. The molecule has 0 radical (unpaired) electrons. The van der Waals surface area contributed by atoms with Crippen molar-refractivity contribution in [2.45, 2.75) is 6.42 Å². The standard InChI is InChI=1S/C8H11ClN/c1-10-7-3-2-4-8(10)5-6-9/h2-4,7H,5-6H2,1H3/q+1. The molecule has 0 bridgehead atoms. The molecule has 2 heteroatoms. The number of hydrogen-bond acceptors (Lipinski definition) is 0. The Balaban J connectivity index is 2.81. The Morgan fingerprint density at radius 2 is 2.30 bits per heavy atom. The number of rotatable bonds is 2. The lowest BCUT2D eigenvalue weighted by Gasteiger charge is -1.93. The predicted octanol–water partition coefficient (Wildman–Crippen LogP) is 1.29.